The largest absolute Gasteiger partial charge is 0.361 e. The molecule has 140 valence electrons. The molecule has 0 aliphatic carbocycles. The van der Waals surface area contributed by atoms with Gasteiger partial charge in [0.1, 0.15) is 5.69 Å². The summed E-state index contributed by atoms with van der Waals surface area (Å²) < 4.78 is 5.28. The van der Waals surface area contributed by atoms with Crippen molar-refractivity contribution in [3.8, 4) is 10.6 Å². The first-order valence-electron chi connectivity index (χ1n) is 8.73. The van der Waals surface area contributed by atoms with E-state index in [2.05, 4.69) is 25.3 Å². The highest BCUT2D eigenvalue weighted by atomic mass is 32.1. The Kier molecular flexibility index (Phi) is 4.76. The van der Waals surface area contributed by atoms with E-state index in [0.717, 1.165) is 30.8 Å². The van der Waals surface area contributed by atoms with Crippen molar-refractivity contribution in [3.63, 3.8) is 0 Å². The van der Waals surface area contributed by atoms with Gasteiger partial charge in [-0.2, -0.15) is 4.98 Å². The van der Waals surface area contributed by atoms with Gasteiger partial charge in [0.15, 0.2) is 17.3 Å². The zero-order chi connectivity index (χ0) is 18.8. The quantitative estimate of drug-likeness (QED) is 0.723. The molecule has 9 heteroatoms. The van der Waals surface area contributed by atoms with Crippen molar-refractivity contribution >= 4 is 34.7 Å². The van der Waals surface area contributed by atoms with Crippen molar-refractivity contribution in [2.24, 2.45) is 0 Å². The van der Waals surface area contributed by atoms with Gasteiger partial charge in [-0.1, -0.05) is 11.2 Å². The summed E-state index contributed by atoms with van der Waals surface area (Å²) in [5.41, 5.74) is 0.750. The van der Waals surface area contributed by atoms with Gasteiger partial charge < -0.3 is 19.6 Å². The van der Waals surface area contributed by atoms with Crippen molar-refractivity contribution < 1.29 is 9.32 Å². The fourth-order valence-corrected chi connectivity index (χ4v) is 3.64. The number of nitrogens with zero attached hydrogens (tertiary/aromatic N) is 5. The highest BCUT2D eigenvalue weighted by Gasteiger charge is 2.20. The fourth-order valence-electron chi connectivity index (χ4n) is 2.97. The molecule has 0 spiro atoms. The first-order valence-corrected chi connectivity index (χ1v) is 9.61. The Morgan fingerprint density at radius 3 is 2.85 bits per heavy atom. The van der Waals surface area contributed by atoms with E-state index in [0.29, 0.717) is 23.2 Å². The van der Waals surface area contributed by atoms with Crippen LogP contribution >= 0.6 is 11.3 Å². The number of thiophene rings is 1. The summed E-state index contributed by atoms with van der Waals surface area (Å²) in [5.74, 6) is 1.56. The first kappa shape index (κ1) is 17.5. The van der Waals surface area contributed by atoms with Gasteiger partial charge >= 0.3 is 0 Å². The molecule has 1 fully saturated rings. The van der Waals surface area contributed by atoms with E-state index >= 15 is 0 Å². The highest BCUT2D eigenvalue weighted by Crippen LogP contribution is 2.27. The van der Waals surface area contributed by atoms with E-state index in [9.17, 15) is 4.79 Å². The molecule has 3 aromatic rings. The average Bonchev–Trinajstić information content (AvgIpc) is 3.43. The molecule has 0 aromatic carbocycles. The minimum atomic E-state index is -0.359. The predicted molar refractivity (Wildman–Crippen MR) is 106 cm³/mol. The summed E-state index contributed by atoms with van der Waals surface area (Å²) in [4.78, 5) is 26.6. The third-order valence-corrected chi connectivity index (χ3v) is 5.21. The summed E-state index contributed by atoms with van der Waals surface area (Å²) in [5, 5.41) is 8.67. The summed E-state index contributed by atoms with van der Waals surface area (Å²) in [6.07, 6.45) is 3.95. The van der Waals surface area contributed by atoms with Crippen LogP contribution in [0.15, 0.2) is 34.3 Å². The molecule has 27 heavy (non-hydrogen) atoms. The Hall–Kier alpha value is -2.94. The first-order chi connectivity index (χ1) is 13.1. The highest BCUT2D eigenvalue weighted by molar-refractivity contribution is 7.13. The Labute approximate surface area is 160 Å². The lowest BCUT2D eigenvalue weighted by Crippen LogP contribution is -2.23. The van der Waals surface area contributed by atoms with Crippen LogP contribution in [0.25, 0.3) is 10.6 Å². The molecule has 0 atom stereocenters. The third kappa shape index (κ3) is 3.63. The van der Waals surface area contributed by atoms with Crippen LogP contribution < -0.4 is 15.1 Å². The van der Waals surface area contributed by atoms with E-state index in [4.69, 9.17) is 4.52 Å². The molecule has 0 radical (unpaired) electrons. The number of nitrogens with one attached hydrogen (secondary N) is 1. The van der Waals surface area contributed by atoms with Gasteiger partial charge in [-0.25, -0.2) is 4.98 Å². The monoisotopic (exact) mass is 384 g/mol. The number of aromatic nitrogens is 3. The molecule has 4 rings (SSSR count). The molecule has 0 bridgehead atoms. The number of anilines is 3. The molecule has 1 amide bonds. The Morgan fingerprint density at radius 2 is 2.15 bits per heavy atom. The standard InChI is InChI=1S/C18H20N6O2S/c1-23(2)16-13(11-19-18(21-16)24-7-3-4-8-24)20-17(25)12-10-14(26-22-12)15-6-5-9-27-15/h5-6,9-11H,3-4,7-8H2,1-2H3,(H,20,25). The van der Waals surface area contributed by atoms with Crippen molar-refractivity contribution in [3.05, 3.63) is 35.5 Å². The molecule has 0 saturated carbocycles. The SMILES string of the molecule is CN(C)c1nc(N2CCCC2)ncc1NC(=O)c1cc(-c2cccs2)on1. The lowest BCUT2D eigenvalue weighted by atomic mass is 10.3. The number of hydrogen-bond acceptors (Lipinski definition) is 8. The van der Waals surface area contributed by atoms with E-state index < -0.39 is 0 Å². The smallest absolute Gasteiger partial charge is 0.278 e. The number of carbonyl (C=O) groups excluding carboxylic acids is 1. The molecular weight excluding hydrogens is 364 g/mol. The molecule has 1 aliphatic heterocycles. The molecule has 1 saturated heterocycles. The number of hydrogen-bond donors (Lipinski definition) is 1. The Balaban J connectivity index is 1.55. The lowest BCUT2D eigenvalue weighted by Gasteiger charge is -2.20. The van der Waals surface area contributed by atoms with Crippen LogP contribution in [0.5, 0.6) is 0 Å². The maximum atomic E-state index is 12.6. The summed E-state index contributed by atoms with van der Waals surface area (Å²) in [6, 6.07) is 5.47. The molecule has 3 aromatic heterocycles. The number of amides is 1. The number of rotatable bonds is 5. The van der Waals surface area contributed by atoms with Gasteiger partial charge in [-0.15, -0.1) is 11.3 Å². The van der Waals surface area contributed by atoms with Crippen molar-refractivity contribution in [1.29, 1.82) is 0 Å². The van der Waals surface area contributed by atoms with Crippen molar-refractivity contribution in [1.82, 2.24) is 15.1 Å². The van der Waals surface area contributed by atoms with Gasteiger partial charge in [0, 0.05) is 33.3 Å². The molecular formula is C18H20N6O2S. The average molecular weight is 384 g/mol. The second kappa shape index (κ2) is 7.36. The number of carbonyl (C=O) groups is 1. The molecule has 4 heterocycles. The van der Waals surface area contributed by atoms with Gasteiger partial charge in [-0.3, -0.25) is 4.79 Å². The third-order valence-electron chi connectivity index (χ3n) is 4.32. The Bertz CT molecular complexity index is 931. The molecule has 8 nitrogen and oxygen atoms in total. The van der Waals surface area contributed by atoms with Crippen LogP contribution in [-0.2, 0) is 0 Å². The molecule has 1 N–H and O–H groups in total. The summed E-state index contributed by atoms with van der Waals surface area (Å²) in [7, 11) is 3.77. The zero-order valence-corrected chi connectivity index (χ0v) is 16.0. The lowest BCUT2D eigenvalue weighted by molar-refractivity contribution is 0.101. The van der Waals surface area contributed by atoms with Crippen LogP contribution in [0.2, 0.25) is 0 Å². The van der Waals surface area contributed by atoms with Crippen LogP contribution in [0.4, 0.5) is 17.5 Å². The summed E-state index contributed by atoms with van der Waals surface area (Å²) in [6.45, 7) is 1.92. The minimum Gasteiger partial charge on any atom is -0.361 e. The fraction of sp³-hybridized carbons (Fsp3) is 0.333. The van der Waals surface area contributed by atoms with E-state index in [1.54, 1.807) is 12.3 Å². The molecule has 1 aliphatic rings. The second-order valence-corrected chi connectivity index (χ2v) is 7.45. The minimum absolute atomic E-state index is 0.215. The topological polar surface area (TPSA) is 87.4 Å². The second-order valence-electron chi connectivity index (χ2n) is 6.50. The predicted octanol–water partition coefficient (Wildman–Crippen LogP) is 3.11. The van der Waals surface area contributed by atoms with Gasteiger partial charge in [-0.05, 0) is 24.3 Å². The van der Waals surface area contributed by atoms with Crippen LogP contribution in [0, 0.1) is 0 Å². The van der Waals surface area contributed by atoms with Gasteiger partial charge in [0.05, 0.1) is 11.1 Å². The summed E-state index contributed by atoms with van der Waals surface area (Å²) >= 11 is 1.53. The van der Waals surface area contributed by atoms with E-state index in [1.807, 2.05) is 36.5 Å². The van der Waals surface area contributed by atoms with Gasteiger partial charge in [0.2, 0.25) is 5.95 Å². The maximum Gasteiger partial charge on any atom is 0.278 e. The van der Waals surface area contributed by atoms with Crippen LogP contribution in [0.3, 0.4) is 0 Å². The van der Waals surface area contributed by atoms with Crippen LogP contribution in [-0.4, -0.2) is 48.2 Å². The van der Waals surface area contributed by atoms with Gasteiger partial charge in [0.25, 0.3) is 5.91 Å². The molecule has 0 unspecified atom stereocenters. The van der Waals surface area contributed by atoms with E-state index in [-0.39, 0.29) is 11.6 Å². The van der Waals surface area contributed by atoms with Crippen LogP contribution in [0.1, 0.15) is 23.3 Å². The van der Waals surface area contributed by atoms with E-state index in [1.165, 1.54) is 11.3 Å². The zero-order valence-electron chi connectivity index (χ0n) is 15.2. The van der Waals surface area contributed by atoms with Crippen molar-refractivity contribution in [2.45, 2.75) is 12.8 Å². The maximum absolute atomic E-state index is 12.6. The Morgan fingerprint density at radius 1 is 1.33 bits per heavy atom. The normalized spacial score (nSPS) is 13.8. The van der Waals surface area contributed by atoms with Crippen molar-refractivity contribution in [2.75, 3.05) is 42.3 Å².